The zero-order valence-corrected chi connectivity index (χ0v) is 12.6. The molecular weight excluding hydrogens is 264 g/mol. The van der Waals surface area contributed by atoms with Crippen molar-refractivity contribution >= 4 is 0 Å². The molecule has 1 aliphatic rings. The Kier molecular flexibility index (Phi) is 3.38. The Hall–Kier alpha value is -2.00. The first-order valence-corrected chi connectivity index (χ1v) is 7.14. The third-order valence-electron chi connectivity index (χ3n) is 4.13. The van der Waals surface area contributed by atoms with Gasteiger partial charge >= 0.3 is 0 Å². The van der Waals surface area contributed by atoms with E-state index < -0.39 is 11.7 Å². The van der Waals surface area contributed by atoms with Gasteiger partial charge in [-0.2, -0.15) is 0 Å². The van der Waals surface area contributed by atoms with E-state index in [2.05, 4.69) is 19.1 Å². The average Bonchev–Trinajstić information content (AvgIpc) is 2.46. The van der Waals surface area contributed by atoms with Gasteiger partial charge in [-0.3, -0.25) is 0 Å². The molecular formula is C18H20O3. The van der Waals surface area contributed by atoms with E-state index in [1.165, 1.54) is 5.56 Å². The third kappa shape index (κ3) is 2.49. The van der Waals surface area contributed by atoms with Gasteiger partial charge in [-0.05, 0) is 31.5 Å². The number of aliphatic hydroxyl groups is 1. The number of methoxy groups -OCH3 is 1. The quantitative estimate of drug-likeness (QED) is 0.913. The maximum Gasteiger partial charge on any atom is 0.134 e. The fraction of sp³-hybridized carbons (Fsp3) is 0.333. The number of ether oxygens (including phenoxy) is 2. The van der Waals surface area contributed by atoms with Crippen LogP contribution in [-0.2, 0) is 5.60 Å². The van der Waals surface area contributed by atoms with Crippen LogP contribution in [0.2, 0.25) is 0 Å². The number of hydrogen-bond acceptors (Lipinski definition) is 3. The Morgan fingerprint density at radius 1 is 1.24 bits per heavy atom. The van der Waals surface area contributed by atoms with Gasteiger partial charge in [0.25, 0.3) is 0 Å². The van der Waals surface area contributed by atoms with E-state index in [4.69, 9.17) is 9.47 Å². The van der Waals surface area contributed by atoms with Gasteiger partial charge in [-0.25, -0.2) is 0 Å². The molecule has 21 heavy (non-hydrogen) atoms. The van der Waals surface area contributed by atoms with E-state index in [1.807, 2.05) is 37.3 Å². The van der Waals surface area contributed by atoms with Crippen molar-refractivity contribution in [2.75, 3.05) is 7.11 Å². The lowest BCUT2D eigenvalue weighted by molar-refractivity contribution is -0.00506. The van der Waals surface area contributed by atoms with E-state index in [0.717, 1.165) is 16.9 Å². The second-order valence-corrected chi connectivity index (χ2v) is 5.83. The Morgan fingerprint density at radius 3 is 2.76 bits per heavy atom. The summed E-state index contributed by atoms with van der Waals surface area (Å²) in [4.78, 5) is 0. The molecule has 1 unspecified atom stereocenters. The van der Waals surface area contributed by atoms with E-state index in [9.17, 15) is 5.11 Å². The Balaban J connectivity index is 2.03. The average molecular weight is 284 g/mol. The van der Waals surface area contributed by atoms with Crippen molar-refractivity contribution in [1.82, 2.24) is 0 Å². The fourth-order valence-corrected chi connectivity index (χ4v) is 2.92. The number of hydrogen-bond donors (Lipinski definition) is 1. The van der Waals surface area contributed by atoms with Crippen LogP contribution in [0, 0.1) is 6.92 Å². The first kappa shape index (κ1) is 14.0. The van der Waals surface area contributed by atoms with Crippen molar-refractivity contribution < 1.29 is 14.6 Å². The first-order chi connectivity index (χ1) is 10.0. The van der Waals surface area contributed by atoms with Crippen LogP contribution >= 0.6 is 0 Å². The molecule has 3 heteroatoms. The molecule has 1 heterocycles. The van der Waals surface area contributed by atoms with Crippen LogP contribution in [0.1, 0.15) is 36.1 Å². The van der Waals surface area contributed by atoms with E-state index in [1.54, 1.807) is 7.11 Å². The Bertz CT molecular complexity index is 665. The molecule has 2 atom stereocenters. The summed E-state index contributed by atoms with van der Waals surface area (Å²) < 4.78 is 11.5. The van der Waals surface area contributed by atoms with Gasteiger partial charge in [0.2, 0.25) is 0 Å². The predicted octanol–water partition coefficient (Wildman–Crippen LogP) is 3.73. The van der Waals surface area contributed by atoms with Gasteiger partial charge in [0.05, 0.1) is 13.2 Å². The highest BCUT2D eigenvalue weighted by atomic mass is 16.5. The molecule has 0 spiro atoms. The molecule has 2 aromatic carbocycles. The number of rotatable bonds is 2. The van der Waals surface area contributed by atoms with Crippen LogP contribution < -0.4 is 9.47 Å². The Labute approximate surface area is 125 Å². The molecule has 0 saturated carbocycles. The van der Waals surface area contributed by atoms with Gasteiger partial charge in [0.1, 0.15) is 17.1 Å². The van der Waals surface area contributed by atoms with Crippen molar-refractivity contribution in [3.8, 4) is 11.5 Å². The standard InChI is InChI=1S/C18H20O3/c1-12-5-4-6-13(9-12)18(2)11-16(19)15-8-7-14(20-3)10-17(15)21-18/h4-10,16,19H,11H2,1-3H3/t16-,18?/m0/s1. The Morgan fingerprint density at radius 2 is 2.05 bits per heavy atom. The lowest BCUT2D eigenvalue weighted by Gasteiger charge is -2.38. The monoisotopic (exact) mass is 284 g/mol. The zero-order chi connectivity index (χ0) is 15.0. The molecule has 0 amide bonds. The lowest BCUT2D eigenvalue weighted by atomic mass is 9.84. The minimum Gasteiger partial charge on any atom is -0.497 e. The maximum absolute atomic E-state index is 10.5. The summed E-state index contributed by atoms with van der Waals surface area (Å²) in [6, 6.07) is 13.8. The second-order valence-electron chi connectivity index (χ2n) is 5.83. The third-order valence-corrected chi connectivity index (χ3v) is 4.13. The van der Waals surface area contributed by atoms with Gasteiger partial charge in [0, 0.05) is 18.1 Å². The summed E-state index contributed by atoms with van der Waals surface area (Å²) in [7, 11) is 1.63. The minimum absolute atomic E-state index is 0.537. The van der Waals surface area contributed by atoms with Crippen LogP contribution in [0.5, 0.6) is 11.5 Å². The van der Waals surface area contributed by atoms with Crippen LogP contribution in [0.25, 0.3) is 0 Å². The van der Waals surface area contributed by atoms with Crippen molar-refractivity contribution in [3.63, 3.8) is 0 Å². The number of aliphatic hydroxyl groups excluding tert-OH is 1. The number of aryl methyl sites for hydroxylation is 1. The molecule has 0 aromatic heterocycles. The SMILES string of the molecule is COc1ccc2c(c1)OC(C)(c1cccc(C)c1)C[C@@H]2O. The molecule has 1 N–H and O–H groups in total. The number of fused-ring (bicyclic) bond motifs is 1. The molecule has 1 aliphatic heterocycles. The minimum atomic E-state index is -0.537. The zero-order valence-electron chi connectivity index (χ0n) is 12.6. The van der Waals surface area contributed by atoms with Gasteiger partial charge in [-0.15, -0.1) is 0 Å². The summed E-state index contributed by atoms with van der Waals surface area (Å²) in [6.07, 6.45) is 0.000601. The largest absolute Gasteiger partial charge is 0.497 e. The highest BCUT2D eigenvalue weighted by molar-refractivity contribution is 5.45. The van der Waals surface area contributed by atoms with E-state index >= 15 is 0 Å². The van der Waals surface area contributed by atoms with Crippen molar-refractivity contribution in [2.45, 2.75) is 32.0 Å². The smallest absolute Gasteiger partial charge is 0.134 e. The molecule has 0 radical (unpaired) electrons. The molecule has 3 nitrogen and oxygen atoms in total. The molecule has 0 fully saturated rings. The summed E-state index contributed by atoms with van der Waals surface area (Å²) in [5, 5.41) is 10.5. The molecule has 0 bridgehead atoms. The summed E-state index contributed by atoms with van der Waals surface area (Å²) in [5.41, 5.74) is 2.55. The molecule has 0 saturated heterocycles. The van der Waals surface area contributed by atoms with Crippen LogP contribution in [0.3, 0.4) is 0 Å². The molecule has 3 rings (SSSR count). The van der Waals surface area contributed by atoms with Gasteiger partial charge in [0.15, 0.2) is 0 Å². The van der Waals surface area contributed by atoms with E-state index in [-0.39, 0.29) is 0 Å². The highest BCUT2D eigenvalue weighted by Gasteiger charge is 2.38. The van der Waals surface area contributed by atoms with Crippen molar-refractivity contribution in [2.24, 2.45) is 0 Å². The first-order valence-electron chi connectivity index (χ1n) is 7.14. The van der Waals surface area contributed by atoms with Crippen molar-refractivity contribution in [1.29, 1.82) is 0 Å². The topological polar surface area (TPSA) is 38.7 Å². The van der Waals surface area contributed by atoms with Crippen LogP contribution in [0.15, 0.2) is 42.5 Å². The number of benzene rings is 2. The highest BCUT2D eigenvalue weighted by Crippen LogP contribution is 2.45. The maximum atomic E-state index is 10.5. The van der Waals surface area contributed by atoms with Crippen LogP contribution in [0.4, 0.5) is 0 Å². The summed E-state index contributed by atoms with van der Waals surface area (Å²) in [6.45, 7) is 4.08. The lowest BCUT2D eigenvalue weighted by Crippen LogP contribution is -2.35. The predicted molar refractivity (Wildman–Crippen MR) is 81.7 cm³/mol. The second kappa shape index (κ2) is 5.08. The fourth-order valence-electron chi connectivity index (χ4n) is 2.92. The van der Waals surface area contributed by atoms with Crippen molar-refractivity contribution in [3.05, 3.63) is 59.2 Å². The van der Waals surface area contributed by atoms with Gasteiger partial charge < -0.3 is 14.6 Å². The van der Waals surface area contributed by atoms with Gasteiger partial charge in [-0.1, -0.05) is 29.8 Å². The van der Waals surface area contributed by atoms with Crippen LogP contribution in [-0.4, -0.2) is 12.2 Å². The normalized spacial score (nSPS) is 24.1. The summed E-state index contributed by atoms with van der Waals surface area (Å²) >= 11 is 0. The molecule has 110 valence electrons. The molecule has 0 aliphatic carbocycles. The summed E-state index contributed by atoms with van der Waals surface area (Å²) in [5.74, 6) is 1.42. The molecule has 2 aromatic rings. The van der Waals surface area contributed by atoms with E-state index in [0.29, 0.717) is 12.2 Å².